The van der Waals surface area contributed by atoms with Gasteiger partial charge in [-0.25, -0.2) is 5.48 Å². The third-order valence-electron chi connectivity index (χ3n) is 5.56. The molecule has 0 spiro atoms. The number of amides is 1. The highest BCUT2D eigenvalue weighted by molar-refractivity contribution is 5.90. The number of carbonyl (C=O) groups is 1. The average molecular weight is 403 g/mol. The summed E-state index contributed by atoms with van der Waals surface area (Å²) in [5.74, 6) is 0.339. The lowest BCUT2D eigenvalue weighted by Crippen LogP contribution is -2.32. The van der Waals surface area contributed by atoms with Crippen LogP contribution < -0.4 is 5.48 Å². The molecule has 0 radical (unpaired) electrons. The average Bonchev–Trinajstić information content (AvgIpc) is 3.16. The van der Waals surface area contributed by atoms with Crippen LogP contribution in [0.15, 0.2) is 59.1 Å². The van der Waals surface area contributed by atoms with E-state index in [1.165, 1.54) is 22.8 Å². The smallest absolute Gasteiger partial charge is 0.267 e. The Hall–Kier alpha value is -3.22. The molecule has 4 rings (SSSR count). The molecule has 30 heavy (non-hydrogen) atoms. The molecule has 6 heteroatoms. The minimum absolute atomic E-state index is 0.530. The predicted molar refractivity (Wildman–Crippen MR) is 115 cm³/mol. The molecule has 1 amide bonds. The highest BCUT2D eigenvalue weighted by atomic mass is 16.5. The van der Waals surface area contributed by atoms with E-state index in [2.05, 4.69) is 34.3 Å². The van der Waals surface area contributed by atoms with Crippen LogP contribution in [-0.2, 0) is 24.2 Å². The van der Waals surface area contributed by atoms with Crippen LogP contribution in [0.1, 0.15) is 27.9 Å². The molecule has 0 fully saturated rings. The Morgan fingerprint density at radius 2 is 2.07 bits per heavy atom. The second-order valence-corrected chi connectivity index (χ2v) is 7.56. The Balaban J connectivity index is 1.42. The number of hydrogen-bond donors (Lipinski definition) is 2. The lowest BCUT2D eigenvalue weighted by molar-refractivity contribution is -0.124. The van der Waals surface area contributed by atoms with Gasteiger partial charge in [0.25, 0.3) is 5.91 Å². The minimum Gasteiger partial charge on any atom is -0.356 e. The fourth-order valence-electron chi connectivity index (χ4n) is 3.90. The summed E-state index contributed by atoms with van der Waals surface area (Å²) in [6.45, 7) is 4.84. The lowest BCUT2D eigenvalue weighted by atomic mass is 9.96. The topological polar surface area (TPSA) is 78.6 Å². The number of fused-ring (bicyclic) bond motifs is 1. The van der Waals surface area contributed by atoms with Crippen LogP contribution in [0.2, 0.25) is 0 Å². The summed E-state index contributed by atoms with van der Waals surface area (Å²) < 4.78 is 5.62. The molecule has 3 aromatic rings. The zero-order valence-electron chi connectivity index (χ0n) is 17.0. The van der Waals surface area contributed by atoms with E-state index in [9.17, 15) is 4.79 Å². The van der Waals surface area contributed by atoms with Crippen LogP contribution in [0.3, 0.4) is 0 Å². The van der Waals surface area contributed by atoms with Crippen molar-refractivity contribution in [3.8, 4) is 11.3 Å². The van der Waals surface area contributed by atoms with Crippen molar-refractivity contribution in [1.82, 2.24) is 15.5 Å². The molecular weight excluding hydrogens is 378 g/mol. The van der Waals surface area contributed by atoms with Gasteiger partial charge < -0.3 is 4.52 Å². The summed E-state index contributed by atoms with van der Waals surface area (Å²) in [6, 6.07) is 16.4. The van der Waals surface area contributed by atoms with Gasteiger partial charge in [0.15, 0.2) is 5.76 Å². The van der Waals surface area contributed by atoms with E-state index in [-0.39, 0.29) is 0 Å². The van der Waals surface area contributed by atoms with Crippen LogP contribution in [0.5, 0.6) is 0 Å². The summed E-state index contributed by atoms with van der Waals surface area (Å²) in [5, 5.41) is 12.8. The molecule has 1 aromatic heterocycles. The normalized spacial score (nSPS) is 14.1. The van der Waals surface area contributed by atoms with Crippen molar-refractivity contribution in [2.45, 2.75) is 26.3 Å². The molecule has 0 bridgehead atoms. The molecule has 0 unspecified atom stereocenters. The van der Waals surface area contributed by atoms with Gasteiger partial charge in [-0.1, -0.05) is 53.7 Å². The van der Waals surface area contributed by atoms with Crippen molar-refractivity contribution >= 4 is 12.0 Å². The van der Waals surface area contributed by atoms with Crippen LogP contribution in [0, 0.1) is 6.92 Å². The first-order chi connectivity index (χ1) is 14.6. The molecule has 0 saturated carbocycles. The summed E-state index contributed by atoms with van der Waals surface area (Å²) in [7, 11) is 0. The quantitative estimate of drug-likeness (QED) is 0.372. The van der Waals surface area contributed by atoms with E-state index in [1.54, 1.807) is 11.6 Å². The molecule has 0 atom stereocenters. The van der Waals surface area contributed by atoms with Gasteiger partial charge in [-0.15, -0.1) is 0 Å². The van der Waals surface area contributed by atoms with E-state index in [0.717, 1.165) is 55.1 Å². The fourth-order valence-corrected chi connectivity index (χ4v) is 3.90. The predicted octanol–water partition coefficient (Wildman–Crippen LogP) is 3.77. The largest absolute Gasteiger partial charge is 0.356 e. The van der Waals surface area contributed by atoms with Gasteiger partial charge in [-0.05, 0) is 42.5 Å². The zero-order valence-corrected chi connectivity index (χ0v) is 17.0. The Bertz CT molecular complexity index is 1060. The van der Waals surface area contributed by atoms with Crippen molar-refractivity contribution in [3.63, 3.8) is 0 Å². The van der Waals surface area contributed by atoms with Gasteiger partial charge in [0.1, 0.15) is 0 Å². The second-order valence-electron chi connectivity index (χ2n) is 7.56. The third-order valence-corrected chi connectivity index (χ3v) is 5.56. The molecule has 6 nitrogen and oxygen atoms in total. The molecule has 2 N–H and O–H groups in total. The van der Waals surface area contributed by atoms with Gasteiger partial charge >= 0.3 is 0 Å². The number of aryl methyl sites for hydroxylation is 1. The van der Waals surface area contributed by atoms with E-state index < -0.39 is 5.91 Å². The van der Waals surface area contributed by atoms with Crippen molar-refractivity contribution in [1.29, 1.82) is 0 Å². The van der Waals surface area contributed by atoms with Crippen molar-refractivity contribution in [2.75, 3.05) is 13.1 Å². The molecule has 1 aliphatic heterocycles. The number of nitrogens with one attached hydrogen (secondary N) is 1. The maximum atomic E-state index is 11.2. The number of hydroxylamine groups is 1. The van der Waals surface area contributed by atoms with Crippen molar-refractivity contribution in [2.24, 2.45) is 0 Å². The number of carbonyl (C=O) groups excluding carboxylic acids is 1. The maximum absolute atomic E-state index is 11.2. The van der Waals surface area contributed by atoms with Crippen LogP contribution in [-0.4, -0.2) is 34.3 Å². The highest BCUT2D eigenvalue weighted by Gasteiger charge is 2.19. The van der Waals surface area contributed by atoms with E-state index in [1.807, 2.05) is 31.2 Å². The second kappa shape index (κ2) is 9.07. The minimum atomic E-state index is -0.530. The van der Waals surface area contributed by atoms with E-state index >= 15 is 0 Å². The summed E-state index contributed by atoms with van der Waals surface area (Å²) in [5.41, 5.74) is 8.38. The molecule has 154 valence electrons. The number of aromatic nitrogens is 1. The van der Waals surface area contributed by atoms with Gasteiger partial charge in [-0.2, -0.15) is 0 Å². The monoisotopic (exact) mass is 403 g/mol. The third kappa shape index (κ3) is 4.50. The van der Waals surface area contributed by atoms with Crippen LogP contribution in [0.4, 0.5) is 0 Å². The number of rotatable bonds is 6. The first kappa shape index (κ1) is 20.1. The number of benzene rings is 2. The summed E-state index contributed by atoms with van der Waals surface area (Å²) in [4.78, 5) is 13.6. The summed E-state index contributed by atoms with van der Waals surface area (Å²) >= 11 is 0. The SMILES string of the molecule is Cc1noc(-c2ccccc2)c1CCN1CCc2cc(C=CC(=O)NO)ccc2C1. The Labute approximate surface area is 175 Å². The standard InChI is InChI=1S/C24H25N3O3/c1-17-22(24(30-26-17)19-5-3-2-4-6-19)12-14-27-13-11-20-15-18(7-9-21(20)16-27)8-10-23(28)25-29/h2-10,15,29H,11-14,16H2,1H3,(H,25,28). The number of hydrogen-bond acceptors (Lipinski definition) is 5. The van der Waals surface area contributed by atoms with Crippen LogP contribution >= 0.6 is 0 Å². The van der Waals surface area contributed by atoms with E-state index in [4.69, 9.17) is 9.73 Å². The first-order valence-electron chi connectivity index (χ1n) is 10.1. The Morgan fingerprint density at radius 1 is 1.23 bits per heavy atom. The molecular formula is C24H25N3O3. The number of nitrogens with zero attached hydrogens (tertiary/aromatic N) is 2. The lowest BCUT2D eigenvalue weighted by Gasteiger charge is -2.29. The van der Waals surface area contributed by atoms with Gasteiger partial charge in [0.2, 0.25) is 0 Å². The Kier molecular flexibility index (Phi) is 6.07. The molecule has 0 saturated heterocycles. The van der Waals surface area contributed by atoms with Crippen molar-refractivity contribution < 1.29 is 14.5 Å². The molecule has 0 aliphatic carbocycles. The maximum Gasteiger partial charge on any atom is 0.267 e. The highest BCUT2D eigenvalue weighted by Crippen LogP contribution is 2.27. The first-order valence-corrected chi connectivity index (χ1v) is 10.1. The Morgan fingerprint density at radius 3 is 2.87 bits per heavy atom. The molecule has 2 aromatic carbocycles. The molecule has 2 heterocycles. The van der Waals surface area contributed by atoms with Gasteiger partial charge in [0, 0.05) is 36.8 Å². The van der Waals surface area contributed by atoms with Gasteiger partial charge in [0.05, 0.1) is 5.69 Å². The molecule has 1 aliphatic rings. The van der Waals surface area contributed by atoms with Crippen molar-refractivity contribution in [3.05, 3.63) is 82.6 Å². The van der Waals surface area contributed by atoms with E-state index in [0.29, 0.717) is 0 Å². The zero-order chi connectivity index (χ0) is 20.9. The fraction of sp³-hybridized carbons (Fsp3) is 0.250. The summed E-state index contributed by atoms with van der Waals surface area (Å²) in [6.07, 6.45) is 4.89. The van der Waals surface area contributed by atoms with Crippen LogP contribution in [0.25, 0.3) is 17.4 Å². The van der Waals surface area contributed by atoms with Gasteiger partial charge in [-0.3, -0.25) is 14.9 Å².